The highest BCUT2D eigenvalue weighted by Crippen LogP contribution is 2.26. The maximum atomic E-state index is 5.67. The highest BCUT2D eigenvalue weighted by Gasteiger charge is 2.09. The van der Waals surface area contributed by atoms with Crippen LogP contribution in [0.4, 0.5) is 5.69 Å². The SMILES string of the molecule is CCCCc1nc2c(N=C(N)N=C(N)N)cccc2o1. The fourth-order valence-electron chi connectivity index (χ4n) is 1.79. The zero-order chi connectivity index (χ0) is 14.5. The summed E-state index contributed by atoms with van der Waals surface area (Å²) in [6, 6.07) is 5.44. The number of guanidine groups is 2. The average molecular weight is 274 g/mol. The molecule has 0 aliphatic carbocycles. The fourth-order valence-corrected chi connectivity index (χ4v) is 1.79. The number of hydrogen-bond acceptors (Lipinski definition) is 3. The third kappa shape index (κ3) is 3.25. The molecular formula is C13H18N6O. The molecule has 0 aliphatic heterocycles. The average Bonchev–Trinajstić information content (AvgIpc) is 2.79. The number of rotatable bonds is 4. The van der Waals surface area contributed by atoms with E-state index in [1.807, 2.05) is 12.1 Å². The second kappa shape index (κ2) is 6.05. The molecule has 0 saturated carbocycles. The predicted molar refractivity (Wildman–Crippen MR) is 79.7 cm³/mol. The number of fused-ring (bicyclic) bond motifs is 1. The molecule has 0 unspecified atom stereocenters. The number of nitrogens with zero attached hydrogens (tertiary/aromatic N) is 3. The van der Waals surface area contributed by atoms with Crippen molar-refractivity contribution in [1.29, 1.82) is 0 Å². The van der Waals surface area contributed by atoms with E-state index in [1.54, 1.807) is 6.07 Å². The Labute approximate surface area is 116 Å². The Balaban J connectivity index is 2.38. The molecule has 1 heterocycles. The van der Waals surface area contributed by atoms with E-state index in [4.69, 9.17) is 21.6 Å². The number of oxazole rings is 1. The largest absolute Gasteiger partial charge is 0.441 e. The summed E-state index contributed by atoms with van der Waals surface area (Å²) in [5.41, 5.74) is 18.0. The van der Waals surface area contributed by atoms with Gasteiger partial charge in [0.05, 0.1) is 5.69 Å². The summed E-state index contributed by atoms with van der Waals surface area (Å²) < 4.78 is 5.67. The monoisotopic (exact) mass is 274 g/mol. The van der Waals surface area contributed by atoms with Gasteiger partial charge in [-0.15, -0.1) is 0 Å². The fraction of sp³-hybridized carbons (Fsp3) is 0.308. The van der Waals surface area contributed by atoms with Crippen molar-refractivity contribution in [1.82, 2.24) is 4.98 Å². The molecule has 7 nitrogen and oxygen atoms in total. The van der Waals surface area contributed by atoms with Crippen molar-refractivity contribution in [3.8, 4) is 0 Å². The highest BCUT2D eigenvalue weighted by atomic mass is 16.3. The molecule has 20 heavy (non-hydrogen) atoms. The van der Waals surface area contributed by atoms with Crippen LogP contribution in [0.1, 0.15) is 25.7 Å². The molecule has 0 fully saturated rings. The lowest BCUT2D eigenvalue weighted by atomic mass is 10.2. The van der Waals surface area contributed by atoms with Crippen molar-refractivity contribution in [2.24, 2.45) is 27.2 Å². The number of aromatic nitrogens is 1. The van der Waals surface area contributed by atoms with Gasteiger partial charge >= 0.3 is 0 Å². The van der Waals surface area contributed by atoms with Gasteiger partial charge in [-0.3, -0.25) is 0 Å². The van der Waals surface area contributed by atoms with Crippen LogP contribution >= 0.6 is 0 Å². The quantitative estimate of drug-likeness (QED) is 0.573. The number of hydrogen-bond donors (Lipinski definition) is 3. The van der Waals surface area contributed by atoms with E-state index in [0.717, 1.165) is 19.3 Å². The molecular weight excluding hydrogens is 256 g/mol. The van der Waals surface area contributed by atoms with Gasteiger partial charge in [0.25, 0.3) is 0 Å². The van der Waals surface area contributed by atoms with Crippen molar-refractivity contribution >= 4 is 28.7 Å². The molecule has 0 aliphatic rings. The van der Waals surface area contributed by atoms with Crippen LogP contribution in [0.3, 0.4) is 0 Å². The molecule has 1 aromatic heterocycles. The Hall–Kier alpha value is -2.57. The lowest BCUT2D eigenvalue weighted by Gasteiger charge is -1.96. The smallest absolute Gasteiger partial charge is 0.223 e. The van der Waals surface area contributed by atoms with E-state index in [0.29, 0.717) is 22.7 Å². The van der Waals surface area contributed by atoms with Crippen LogP contribution in [-0.4, -0.2) is 16.9 Å². The topological polar surface area (TPSA) is 129 Å². The van der Waals surface area contributed by atoms with Gasteiger partial charge in [-0.05, 0) is 18.6 Å². The Morgan fingerprint density at radius 1 is 1.30 bits per heavy atom. The number of para-hydroxylation sites is 1. The van der Waals surface area contributed by atoms with Crippen molar-refractivity contribution in [2.45, 2.75) is 26.2 Å². The molecule has 6 N–H and O–H groups in total. The minimum absolute atomic E-state index is 0.0180. The van der Waals surface area contributed by atoms with Gasteiger partial charge in [0.1, 0.15) is 5.52 Å². The van der Waals surface area contributed by atoms with Gasteiger partial charge in [-0.25, -0.2) is 9.98 Å². The number of unbranched alkanes of at least 4 members (excludes halogenated alkanes) is 1. The van der Waals surface area contributed by atoms with Crippen LogP contribution in [-0.2, 0) is 6.42 Å². The first kappa shape index (κ1) is 13.9. The molecule has 0 spiro atoms. The summed E-state index contributed by atoms with van der Waals surface area (Å²) in [4.78, 5) is 12.3. The summed E-state index contributed by atoms with van der Waals surface area (Å²) in [5.74, 6) is 0.544. The third-order valence-corrected chi connectivity index (χ3v) is 2.66. The van der Waals surface area contributed by atoms with Gasteiger partial charge in [0, 0.05) is 6.42 Å². The zero-order valence-corrected chi connectivity index (χ0v) is 11.3. The first-order chi connectivity index (χ1) is 9.60. The van der Waals surface area contributed by atoms with Gasteiger partial charge < -0.3 is 21.6 Å². The van der Waals surface area contributed by atoms with Gasteiger partial charge in [-0.1, -0.05) is 19.4 Å². The van der Waals surface area contributed by atoms with Gasteiger partial charge in [-0.2, -0.15) is 4.99 Å². The standard InChI is InChI=1S/C13H18N6O/c1-2-3-7-10-18-11-8(5-4-6-9(11)20-10)17-13(16)19-12(14)15/h4-6H,2-3,7H2,1H3,(H6,14,15,16,17,19). The van der Waals surface area contributed by atoms with E-state index in [2.05, 4.69) is 21.9 Å². The van der Waals surface area contributed by atoms with Crippen LogP contribution in [0.15, 0.2) is 32.6 Å². The molecule has 0 saturated heterocycles. The predicted octanol–water partition coefficient (Wildman–Crippen LogP) is 1.39. The number of aryl methyl sites for hydroxylation is 1. The van der Waals surface area contributed by atoms with Crippen LogP contribution in [0.2, 0.25) is 0 Å². The van der Waals surface area contributed by atoms with Crippen LogP contribution in [0, 0.1) is 0 Å². The van der Waals surface area contributed by atoms with Crippen LogP contribution in [0.25, 0.3) is 11.1 Å². The summed E-state index contributed by atoms with van der Waals surface area (Å²) in [6.45, 7) is 2.12. The molecule has 0 atom stereocenters. The Bertz CT molecular complexity index is 654. The number of benzene rings is 1. The molecule has 0 amide bonds. The Morgan fingerprint density at radius 3 is 2.80 bits per heavy atom. The lowest BCUT2D eigenvalue weighted by molar-refractivity contribution is 0.517. The lowest BCUT2D eigenvalue weighted by Crippen LogP contribution is -2.26. The second-order valence-corrected chi connectivity index (χ2v) is 4.34. The minimum Gasteiger partial charge on any atom is -0.441 e. The van der Waals surface area contributed by atoms with Crippen LogP contribution in [0.5, 0.6) is 0 Å². The van der Waals surface area contributed by atoms with E-state index < -0.39 is 0 Å². The molecule has 106 valence electrons. The summed E-state index contributed by atoms with van der Waals surface area (Å²) in [7, 11) is 0. The third-order valence-electron chi connectivity index (χ3n) is 2.66. The molecule has 2 aromatic rings. The summed E-state index contributed by atoms with van der Waals surface area (Å²) in [6.07, 6.45) is 2.92. The Morgan fingerprint density at radius 2 is 2.10 bits per heavy atom. The van der Waals surface area contributed by atoms with Crippen molar-refractivity contribution in [3.63, 3.8) is 0 Å². The van der Waals surface area contributed by atoms with E-state index >= 15 is 0 Å². The molecule has 0 radical (unpaired) electrons. The van der Waals surface area contributed by atoms with Gasteiger partial charge in [0.2, 0.25) is 5.96 Å². The first-order valence-corrected chi connectivity index (χ1v) is 6.42. The highest BCUT2D eigenvalue weighted by molar-refractivity contribution is 5.96. The maximum Gasteiger partial charge on any atom is 0.223 e. The summed E-state index contributed by atoms with van der Waals surface area (Å²) >= 11 is 0. The van der Waals surface area contributed by atoms with Crippen molar-refractivity contribution in [3.05, 3.63) is 24.1 Å². The van der Waals surface area contributed by atoms with Crippen molar-refractivity contribution in [2.75, 3.05) is 0 Å². The van der Waals surface area contributed by atoms with E-state index in [-0.39, 0.29) is 11.9 Å². The maximum absolute atomic E-state index is 5.67. The molecule has 0 bridgehead atoms. The Kier molecular flexibility index (Phi) is 4.19. The van der Waals surface area contributed by atoms with Gasteiger partial charge in [0.15, 0.2) is 17.4 Å². The zero-order valence-electron chi connectivity index (χ0n) is 11.3. The van der Waals surface area contributed by atoms with E-state index in [1.165, 1.54) is 0 Å². The minimum atomic E-state index is -0.137. The summed E-state index contributed by atoms with van der Waals surface area (Å²) in [5, 5.41) is 0. The number of aliphatic imine (C=N–C) groups is 2. The number of nitrogens with two attached hydrogens (primary N) is 3. The molecule has 7 heteroatoms. The van der Waals surface area contributed by atoms with Crippen LogP contribution < -0.4 is 17.2 Å². The molecule has 1 aromatic carbocycles. The van der Waals surface area contributed by atoms with Crippen molar-refractivity contribution < 1.29 is 4.42 Å². The normalized spacial score (nSPS) is 11.8. The first-order valence-electron chi connectivity index (χ1n) is 6.42. The van der Waals surface area contributed by atoms with E-state index in [9.17, 15) is 0 Å². The molecule has 2 rings (SSSR count). The second-order valence-electron chi connectivity index (χ2n) is 4.34.